The second kappa shape index (κ2) is 8.11. The fraction of sp³-hybridized carbons (Fsp3) is 0.333. The van der Waals surface area contributed by atoms with Gasteiger partial charge in [-0.25, -0.2) is 0 Å². The first-order valence-corrected chi connectivity index (χ1v) is 8.96. The van der Waals surface area contributed by atoms with Gasteiger partial charge in [0, 0.05) is 5.69 Å². The van der Waals surface area contributed by atoms with Crippen LogP contribution in [0.25, 0.3) is 0 Å². The summed E-state index contributed by atoms with van der Waals surface area (Å²) in [5.41, 5.74) is 8.24. The SMILES string of the molecule is Cc1cccc(C)c1NC(=O)CNC(=O)[C@@H](C)Sc1nnc(N)s1. The normalized spacial score (nSPS) is 11.8. The maximum absolute atomic E-state index is 12.1. The molecule has 9 heteroatoms. The van der Waals surface area contributed by atoms with Crippen molar-refractivity contribution in [1.82, 2.24) is 15.5 Å². The van der Waals surface area contributed by atoms with Gasteiger partial charge in [0.2, 0.25) is 16.9 Å². The van der Waals surface area contributed by atoms with E-state index < -0.39 is 5.25 Å². The van der Waals surface area contributed by atoms with Crippen LogP contribution in [0.2, 0.25) is 0 Å². The second-order valence-corrected chi connectivity index (χ2v) is 7.80. The van der Waals surface area contributed by atoms with Gasteiger partial charge < -0.3 is 16.4 Å². The number of aryl methyl sites for hydroxylation is 2. The standard InChI is InChI=1S/C15H19N5O2S2/c1-8-5-4-6-9(2)12(8)18-11(21)7-17-13(22)10(3)23-15-20-19-14(16)24-15/h4-6,10H,7H2,1-3H3,(H2,16,19)(H,17,22)(H,18,21)/t10-/m1/s1. The predicted molar refractivity (Wildman–Crippen MR) is 97.2 cm³/mol. The topological polar surface area (TPSA) is 110 Å². The molecule has 2 rings (SSSR count). The minimum atomic E-state index is -0.398. The van der Waals surface area contributed by atoms with Crippen molar-refractivity contribution in [1.29, 1.82) is 0 Å². The molecule has 1 atom stereocenters. The van der Waals surface area contributed by atoms with Crippen LogP contribution in [0.1, 0.15) is 18.1 Å². The summed E-state index contributed by atoms with van der Waals surface area (Å²) in [5, 5.41) is 13.0. The molecule has 0 fully saturated rings. The molecule has 128 valence electrons. The number of thioether (sulfide) groups is 1. The third-order valence-corrected chi connectivity index (χ3v) is 5.17. The number of aromatic nitrogens is 2. The Labute approximate surface area is 148 Å². The first-order valence-electron chi connectivity index (χ1n) is 7.26. The average Bonchev–Trinajstić information content (AvgIpc) is 2.93. The molecule has 0 aliphatic rings. The van der Waals surface area contributed by atoms with E-state index in [0.717, 1.165) is 16.8 Å². The first kappa shape index (κ1) is 18.2. The van der Waals surface area contributed by atoms with Crippen molar-refractivity contribution in [3.63, 3.8) is 0 Å². The number of nitrogens with one attached hydrogen (secondary N) is 2. The Balaban J connectivity index is 1.83. The zero-order valence-electron chi connectivity index (χ0n) is 13.6. The van der Waals surface area contributed by atoms with E-state index in [1.165, 1.54) is 23.1 Å². The van der Waals surface area contributed by atoms with E-state index in [2.05, 4.69) is 20.8 Å². The van der Waals surface area contributed by atoms with E-state index in [-0.39, 0.29) is 18.4 Å². The highest BCUT2D eigenvalue weighted by Gasteiger charge is 2.17. The summed E-state index contributed by atoms with van der Waals surface area (Å²) in [5.74, 6) is -0.511. The molecule has 0 saturated heterocycles. The second-order valence-electron chi connectivity index (χ2n) is 5.20. The van der Waals surface area contributed by atoms with Gasteiger partial charge in [-0.3, -0.25) is 9.59 Å². The number of nitrogen functional groups attached to an aromatic ring is 1. The molecule has 1 aromatic carbocycles. The van der Waals surface area contributed by atoms with Crippen LogP contribution in [0, 0.1) is 13.8 Å². The van der Waals surface area contributed by atoms with Crippen LogP contribution in [-0.2, 0) is 9.59 Å². The lowest BCUT2D eigenvalue weighted by Crippen LogP contribution is -2.37. The lowest BCUT2D eigenvalue weighted by Gasteiger charge is -2.13. The zero-order valence-corrected chi connectivity index (χ0v) is 15.3. The Morgan fingerprint density at radius 2 is 1.96 bits per heavy atom. The van der Waals surface area contributed by atoms with E-state index in [0.29, 0.717) is 9.47 Å². The van der Waals surface area contributed by atoms with Crippen molar-refractivity contribution in [2.24, 2.45) is 0 Å². The number of anilines is 2. The minimum absolute atomic E-state index is 0.0875. The highest BCUT2D eigenvalue weighted by molar-refractivity contribution is 8.02. The third kappa shape index (κ3) is 4.93. The van der Waals surface area contributed by atoms with Gasteiger partial charge in [0.15, 0.2) is 4.34 Å². The Morgan fingerprint density at radius 1 is 1.29 bits per heavy atom. The minimum Gasteiger partial charge on any atom is -0.374 e. The molecule has 0 saturated carbocycles. The van der Waals surface area contributed by atoms with Crippen molar-refractivity contribution in [2.45, 2.75) is 30.4 Å². The molecule has 4 N–H and O–H groups in total. The van der Waals surface area contributed by atoms with E-state index in [9.17, 15) is 9.59 Å². The highest BCUT2D eigenvalue weighted by Crippen LogP contribution is 2.27. The molecule has 0 aliphatic carbocycles. The highest BCUT2D eigenvalue weighted by atomic mass is 32.2. The van der Waals surface area contributed by atoms with E-state index >= 15 is 0 Å². The third-order valence-electron chi connectivity index (χ3n) is 3.24. The molecule has 2 amide bonds. The lowest BCUT2D eigenvalue weighted by molar-refractivity contribution is -0.123. The number of nitrogens with zero attached hydrogens (tertiary/aromatic N) is 2. The number of benzene rings is 1. The predicted octanol–water partition coefficient (Wildman–Crippen LogP) is 1.97. The number of hydrogen-bond acceptors (Lipinski definition) is 7. The lowest BCUT2D eigenvalue weighted by atomic mass is 10.1. The molecule has 0 unspecified atom stereocenters. The molecule has 1 heterocycles. The maximum Gasteiger partial charge on any atom is 0.243 e. The van der Waals surface area contributed by atoms with Crippen molar-refractivity contribution in [2.75, 3.05) is 17.6 Å². The zero-order chi connectivity index (χ0) is 17.7. The average molecular weight is 365 g/mol. The summed E-state index contributed by atoms with van der Waals surface area (Å²) in [7, 11) is 0. The Kier molecular flexibility index (Phi) is 6.16. The Morgan fingerprint density at radius 3 is 2.54 bits per heavy atom. The smallest absolute Gasteiger partial charge is 0.243 e. The quantitative estimate of drug-likeness (QED) is 0.675. The largest absolute Gasteiger partial charge is 0.374 e. The number of para-hydroxylation sites is 1. The molecule has 0 bridgehead atoms. The number of hydrogen-bond donors (Lipinski definition) is 3. The van der Waals surface area contributed by atoms with Crippen LogP contribution in [0.5, 0.6) is 0 Å². The number of carbonyl (C=O) groups excluding carboxylic acids is 2. The first-order chi connectivity index (χ1) is 11.4. The summed E-state index contributed by atoms with van der Waals surface area (Å²) in [6.45, 7) is 5.50. The molecular weight excluding hydrogens is 346 g/mol. The van der Waals surface area contributed by atoms with Gasteiger partial charge in [0.25, 0.3) is 0 Å². The van der Waals surface area contributed by atoms with Crippen LogP contribution in [0.15, 0.2) is 22.5 Å². The van der Waals surface area contributed by atoms with Crippen LogP contribution in [-0.4, -0.2) is 33.8 Å². The number of carbonyl (C=O) groups is 2. The molecule has 24 heavy (non-hydrogen) atoms. The van der Waals surface area contributed by atoms with Crippen molar-refractivity contribution >= 4 is 45.7 Å². The van der Waals surface area contributed by atoms with E-state index in [1.807, 2.05) is 32.0 Å². The van der Waals surface area contributed by atoms with E-state index in [4.69, 9.17) is 5.73 Å². The summed E-state index contributed by atoms with van der Waals surface area (Å²) in [6.07, 6.45) is 0. The molecule has 0 spiro atoms. The Bertz CT molecular complexity index is 727. The van der Waals surface area contributed by atoms with Gasteiger partial charge in [-0.1, -0.05) is 41.3 Å². The summed E-state index contributed by atoms with van der Waals surface area (Å²) >= 11 is 2.48. The summed E-state index contributed by atoms with van der Waals surface area (Å²) < 4.78 is 0.620. The molecule has 0 radical (unpaired) electrons. The van der Waals surface area contributed by atoms with Crippen molar-refractivity contribution < 1.29 is 9.59 Å². The van der Waals surface area contributed by atoms with Gasteiger partial charge in [0.05, 0.1) is 11.8 Å². The van der Waals surface area contributed by atoms with Crippen LogP contribution >= 0.6 is 23.1 Å². The molecule has 2 aromatic rings. The van der Waals surface area contributed by atoms with Gasteiger partial charge in [-0.05, 0) is 31.9 Å². The van der Waals surface area contributed by atoms with Crippen LogP contribution in [0.4, 0.5) is 10.8 Å². The van der Waals surface area contributed by atoms with Gasteiger partial charge in [-0.2, -0.15) is 0 Å². The fourth-order valence-corrected chi connectivity index (χ4v) is 3.78. The number of amides is 2. The fourth-order valence-electron chi connectivity index (χ4n) is 1.98. The number of rotatable bonds is 6. The van der Waals surface area contributed by atoms with Gasteiger partial charge >= 0.3 is 0 Å². The van der Waals surface area contributed by atoms with Gasteiger partial charge in [0.1, 0.15) is 0 Å². The molecule has 0 aliphatic heterocycles. The van der Waals surface area contributed by atoms with Crippen molar-refractivity contribution in [3.05, 3.63) is 29.3 Å². The Hall–Kier alpha value is -2.13. The maximum atomic E-state index is 12.1. The monoisotopic (exact) mass is 365 g/mol. The van der Waals surface area contributed by atoms with E-state index in [1.54, 1.807) is 6.92 Å². The summed E-state index contributed by atoms with van der Waals surface area (Å²) in [6, 6.07) is 5.78. The number of nitrogens with two attached hydrogens (primary N) is 1. The van der Waals surface area contributed by atoms with Crippen LogP contribution in [0.3, 0.4) is 0 Å². The van der Waals surface area contributed by atoms with Gasteiger partial charge in [-0.15, -0.1) is 10.2 Å². The molecule has 1 aromatic heterocycles. The van der Waals surface area contributed by atoms with Crippen LogP contribution < -0.4 is 16.4 Å². The summed E-state index contributed by atoms with van der Waals surface area (Å²) in [4.78, 5) is 24.1. The molecular formula is C15H19N5O2S2. The molecule has 7 nitrogen and oxygen atoms in total. The van der Waals surface area contributed by atoms with Crippen molar-refractivity contribution in [3.8, 4) is 0 Å².